The van der Waals surface area contributed by atoms with Gasteiger partial charge in [-0.1, -0.05) is 63.3 Å². The van der Waals surface area contributed by atoms with E-state index in [1.165, 1.54) is 14.1 Å². The van der Waals surface area contributed by atoms with E-state index in [4.69, 9.17) is 5.73 Å². The second-order valence-corrected chi connectivity index (χ2v) is 14.0. The molecule has 0 spiro atoms. The first-order chi connectivity index (χ1) is 19.3. The summed E-state index contributed by atoms with van der Waals surface area (Å²) in [6, 6.07) is 12.0. The highest BCUT2D eigenvalue weighted by molar-refractivity contribution is 7.87. The lowest BCUT2D eigenvalue weighted by molar-refractivity contribution is -0.131. The molecule has 10 nitrogen and oxygen atoms in total. The lowest BCUT2D eigenvalue weighted by Gasteiger charge is -2.35. The molecule has 0 fully saturated rings. The Kier molecular flexibility index (Phi) is 11.6. The van der Waals surface area contributed by atoms with Crippen LogP contribution in [0.5, 0.6) is 0 Å². The zero-order valence-electron chi connectivity index (χ0n) is 24.8. The van der Waals surface area contributed by atoms with Gasteiger partial charge in [0, 0.05) is 45.0 Å². The van der Waals surface area contributed by atoms with Crippen LogP contribution in [0.15, 0.2) is 60.8 Å². The van der Waals surface area contributed by atoms with E-state index in [1.807, 2.05) is 42.5 Å². The van der Waals surface area contributed by atoms with Crippen molar-refractivity contribution in [2.75, 3.05) is 20.6 Å². The van der Waals surface area contributed by atoms with Crippen molar-refractivity contribution in [2.24, 2.45) is 17.1 Å². The SMILES string of the molecule is CN(C)S(=O)(=O)NC(C(=O)NN(Cc1ccc(-c2ccccn2)cc1)CC(O)C(N)C[C@@H]1CC=CCC1)C(C)(C)C. The molecule has 226 valence electrons. The first-order valence-electron chi connectivity index (χ1n) is 14.1. The number of carbonyl (C=O) groups excluding carboxylic acids is 1. The minimum atomic E-state index is -3.88. The van der Waals surface area contributed by atoms with Crippen molar-refractivity contribution < 1.29 is 18.3 Å². The van der Waals surface area contributed by atoms with Crippen molar-refractivity contribution in [1.29, 1.82) is 0 Å². The highest BCUT2D eigenvalue weighted by Gasteiger charge is 2.36. The predicted molar refractivity (Wildman–Crippen MR) is 162 cm³/mol. The number of pyridine rings is 1. The van der Waals surface area contributed by atoms with E-state index in [0.717, 1.165) is 40.4 Å². The third-order valence-electron chi connectivity index (χ3n) is 7.32. The van der Waals surface area contributed by atoms with Crippen molar-refractivity contribution in [3.8, 4) is 11.3 Å². The van der Waals surface area contributed by atoms with E-state index in [0.29, 0.717) is 12.3 Å². The minimum Gasteiger partial charge on any atom is -0.390 e. The smallest absolute Gasteiger partial charge is 0.279 e. The zero-order chi connectivity index (χ0) is 30.2. The maximum atomic E-state index is 13.6. The quantitative estimate of drug-likeness (QED) is 0.209. The molecule has 1 aliphatic rings. The molecule has 2 aromatic rings. The monoisotopic (exact) mass is 586 g/mol. The molecule has 1 amide bonds. The minimum absolute atomic E-state index is 0.0781. The van der Waals surface area contributed by atoms with Crippen LogP contribution in [0, 0.1) is 11.3 Å². The average Bonchev–Trinajstić information content (AvgIpc) is 2.92. The fourth-order valence-electron chi connectivity index (χ4n) is 4.76. The van der Waals surface area contributed by atoms with Gasteiger partial charge in [-0.25, -0.2) is 5.01 Å². The van der Waals surface area contributed by atoms with Crippen LogP contribution < -0.4 is 15.9 Å². The number of amides is 1. The van der Waals surface area contributed by atoms with Gasteiger partial charge < -0.3 is 10.8 Å². The number of hydrogen-bond donors (Lipinski definition) is 4. The van der Waals surface area contributed by atoms with Crippen molar-refractivity contribution in [2.45, 2.75) is 71.2 Å². The zero-order valence-corrected chi connectivity index (χ0v) is 25.6. The van der Waals surface area contributed by atoms with Gasteiger partial charge in [0.1, 0.15) is 6.04 Å². The van der Waals surface area contributed by atoms with Gasteiger partial charge >= 0.3 is 0 Å². The lowest BCUT2D eigenvalue weighted by Crippen LogP contribution is -2.59. The van der Waals surface area contributed by atoms with Gasteiger partial charge in [0.2, 0.25) is 0 Å². The second-order valence-electron chi connectivity index (χ2n) is 12.1. The third kappa shape index (κ3) is 9.98. The Bertz CT molecular complexity index is 1250. The van der Waals surface area contributed by atoms with Gasteiger partial charge in [-0.15, -0.1) is 0 Å². The Morgan fingerprint density at radius 2 is 1.85 bits per heavy atom. The number of benzene rings is 1. The summed E-state index contributed by atoms with van der Waals surface area (Å²) in [6.07, 6.45) is 8.86. The van der Waals surface area contributed by atoms with Crippen LogP contribution in [-0.2, 0) is 21.5 Å². The highest BCUT2D eigenvalue weighted by atomic mass is 32.2. The number of hydrogen-bond acceptors (Lipinski definition) is 7. The molecule has 11 heteroatoms. The number of rotatable bonds is 13. The molecule has 3 unspecified atom stereocenters. The molecule has 1 aromatic carbocycles. The first-order valence-corrected chi connectivity index (χ1v) is 15.5. The highest BCUT2D eigenvalue weighted by Crippen LogP contribution is 2.24. The van der Waals surface area contributed by atoms with Gasteiger partial charge in [-0.2, -0.15) is 17.4 Å². The average molecular weight is 587 g/mol. The van der Waals surface area contributed by atoms with Crippen molar-refractivity contribution in [1.82, 2.24) is 24.4 Å². The van der Waals surface area contributed by atoms with E-state index < -0.39 is 39.7 Å². The third-order valence-corrected chi connectivity index (χ3v) is 8.81. The molecule has 41 heavy (non-hydrogen) atoms. The second kappa shape index (κ2) is 14.5. The van der Waals surface area contributed by atoms with Crippen LogP contribution in [0.1, 0.15) is 52.0 Å². The Morgan fingerprint density at radius 3 is 2.41 bits per heavy atom. The van der Waals surface area contributed by atoms with Crippen molar-refractivity contribution in [3.63, 3.8) is 0 Å². The molecule has 4 atom stereocenters. The van der Waals surface area contributed by atoms with Gasteiger partial charge in [0.05, 0.1) is 11.8 Å². The standard InChI is InChI=1S/C30H46N6O4S/c1-30(2,3)28(34-41(39,40)35(4)5)29(38)33-36(21-27(37)25(31)19-22-11-7-6-8-12-22)20-23-14-16-24(17-15-23)26-13-9-10-18-32-26/h6-7,9-10,13-18,22,25,27-28,34,37H,8,11-12,19-21,31H2,1-5H3,(H,33,38)/t22-,25?,27?,28?/m1/s1. The molecular formula is C30H46N6O4S. The van der Waals surface area contributed by atoms with E-state index in [9.17, 15) is 18.3 Å². The summed E-state index contributed by atoms with van der Waals surface area (Å²) in [5, 5.41) is 12.7. The van der Waals surface area contributed by atoms with Crippen LogP contribution in [0.4, 0.5) is 0 Å². The van der Waals surface area contributed by atoms with Crippen molar-refractivity contribution in [3.05, 3.63) is 66.4 Å². The van der Waals surface area contributed by atoms with E-state index in [-0.39, 0.29) is 13.1 Å². The van der Waals surface area contributed by atoms with Gasteiger partial charge in [0.25, 0.3) is 16.1 Å². The van der Waals surface area contributed by atoms with E-state index in [1.54, 1.807) is 32.0 Å². The van der Waals surface area contributed by atoms with Crippen LogP contribution in [0.2, 0.25) is 0 Å². The normalized spacial score (nSPS) is 18.3. The van der Waals surface area contributed by atoms with Crippen LogP contribution in [0.25, 0.3) is 11.3 Å². The number of aromatic nitrogens is 1. The number of nitrogens with zero attached hydrogens (tertiary/aromatic N) is 3. The molecule has 1 aromatic heterocycles. The first kappa shape index (κ1) is 32.8. The predicted octanol–water partition coefficient (Wildman–Crippen LogP) is 2.83. The molecule has 0 radical (unpaired) electrons. The Labute approximate surface area is 245 Å². The molecule has 0 aliphatic heterocycles. The number of aliphatic hydroxyl groups is 1. The summed E-state index contributed by atoms with van der Waals surface area (Å²) >= 11 is 0. The topological polar surface area (TPSA) is 141 Å². The number of allylic oxidation sites excluding steroid dienone is 2. The number of nitrogens with one attached hydrogen (secondary N) is 2. The van der Waals surface area contributed by atoms with Crippen LogP contribution >= 0.6 is 0 Å². The van der Waals surface area contributed by atoms with E-state index in [2.05, 4.69) is 27.3 Å². The summed E-state index contributed by atoms with van der Waals surface area (Å²) < 4.78 is 28.8. The van der Waals surface area contributed by atoms with Gasteiger partial charge in [-0.3, -0.25) is 15.2 Å². The maximum absolute atomic E-state index is 13.6. The number of nitrogens with two attached hydrogens (primary N) is 1. The molecular weight excluding hydrogens is 540 g/mol. The Balaban J connectivity index is 1.79. The molecule has 5 N–H and O–H groups in total. The number of carbonyl (C=O) groups is 1. The van der Waals surface area contributed by atoms with Crippen molar-refractivity contribution >= 4 is 16.1 Å². The summed E-state index contributed by atoms with van der Waals surface area (Å²) in [7, 11) is -1.07. The fourth-order valence-corrected chi connectivity index (χ4v) is 5.73. The summed E-state index contributed by atoms with van der Waals surface area (Å²) in [4.78, 5) is 18.0. The van der Waals surface area contributed by atoms with Crippen LogP contribution in [-0.4, -0.2) is 72.6 Å². The molecule has 0 saturated heterocycles. The molecule has 1 heterocycles. The lowest BCUT2D eigenvalue weighted by atomic mass is 9.87. The summed E-state index contributed by atoms with van der Waals surface area (Å²) in [5.41, 5.74) is 11.3. The Morgan fingerprint density at radius 1 is 1.15 bits per heavy atom. The summed E-state index contributed by atoms with van der Waals surface area (Å²) in [5.74, 6) is -0.108. The molecule has 0 saturated carbocycles. The molecule has 3 rings (SSSR count). The molecule has 1 aliphatic carbocycles. The van der Waals surface area contributed by atoms with E-state index >= 15 is 0 Å². The largest absolute Gasteiger partial charge is 0.390 e. The Hall–Kier alpha value is -2.67. The summed E-state index contributed by atoms with van der Waals surface area (Å²) in [6.45, 7) is 5.73. The molecule has 0 bridgehead atoms. The maximum Gasteiger partial charge on any atom is 0.279 e. The fraction of sp³-hybridized carbons (Fsp3) is 0.533. The van der Waals surface area contributed by atoms with Gasteiger partial charge in [-0.05, 0) is 54.7 Å². The van der Waals surface area contributed by atoms with Crippen LogP contribution in [0.3, 0.4) is 0 Å². The number of aliphatic hydroxyl groups excluding tert-OH is 1. The van der Waals surface area contributed by atoms with Gasteiger partial charge in [0.15, 0.2) is 0 Å². The number of hydrazine groups is 1.